The van der Waals surface area contributed by atoms with Crippen LogP contribution < -0.4 is 30.7 Å². The van der Waals surface area contributed by atoms with E-state index in [1.807, 2.05) is 30.3 Å². The zero-order valence-electron chi connectivity index (χ0n) is 29.7. The number of rotatable bonds is 9. The standard InChI is InChI=1S/C37H43BrN8O7S/c38-27-19-39-37(44-34(27)42-29-11-4-12-31-33(29)53-21-52-31)41-23-15-17-45(18-16-23)54(50,51)24-7-1-5-22(6-2-8-24)40-28-10-3-9-25-26(28)20-46(36(25)49)30-13-14-32(47)43-35(30)48/h3-4,9-12,19,22-24,30,40H,1-2,5-8,13-18,20-21H2,(H,43,47,48)(H2,39,41,42,44). The zero-order valence-corrected chi connectivity index (χ0v) is 32.1. The number of piperidine rings is 2. The van der Waals surface area contributed by atoms with Crippen molar-refractivity contribution in [3.05, 3.63) is 58.2 Å². The van der Waals surface area contributed by atoms with Crippen LogP contribution in [-0.4, -0.2) is 88.6 Å². The highest BCUT2D eigenvalue weighted by molar-refractivity contribution is 9.10. The molecule has 0 spiro atoms. The van der Waals surface area contributed by atoms with Gasteiger partial charge in [-0.05, 0) is 85.1 Å². The number of aromatic nitrogens is 2. The maximum absolute atomic E-state index is 13.9. The van der Waals surface area contributed by atoms with Crippen LogP contribution in [0.25, 0.3) is 0 Å². The van der Waals surface area contributed by atoms with Gasteiger partial charge in [-0.1, -0.05) is 25.0 Å². The molecule has 3 amide bonds. The summed E-state index contributed by atoms with van der Waals surface area (Å²) in [4.78, 5) is 48.2. The normalized spacial score (nSPS) is 23.7. The number of carbonyl (C=O) groups excluding carboxylic acids is 3. The summed E-state index contributed by atoms with van der Waals surface area (Å²) in [6, 6.07) is 10.7. The quantitative estimate of drug-likeness (QED) is 0.215. The molecule has 54 heavy (non-hydrogen) atoms. The third-order valence-electron chi connectivity index (χ3n) is 11.1. The number of imide groups is 1. The van der Waals surface area contributed by atoms with Crippen LogP contribution in [0.4, 0.5) is 23.1 Å². The average Bonchev–Trinajstić information content (AvgIpc) is 3.77. The lowest BCUT2D eigenvalue weighted by atomic mass is 9.95. The summed E-state index contributed by atoms with van der Waals surface area (Å²) in [6.45, 7) is 1.34. The highest BCUT2D eigenvalue weighted by Gasteiger charge is 2.40. The van der Waals surface area contributed by atoms with Crippen molar-refractivity contribution in [2.24, 2.45) is 0 Å². The van der Waals surface area contributed by atoms with Gasteiger partial charge in [-0.15, -0.1) is 0 Å². The van der Waals surface area contributed by atoms with Crippen molar-refractivity contribution in [2.75, 3.05) is 35.8 Å². The molecule has 1 unspecified atom stereocenters. The van der Waals surface area contributed by atoms with Gasteiger partial charge in [0.05, 0.1) is 15.4 Å². The van der Waals surface area contributed by atoms with Crippen LogP contribution in [-0.2, 0) is 26.2 Å². The molecule has 2 aromatic carbocycles. The number of hydrogen-bond donors (Lipinski definition) is 4. The first-order valence-electron chi connectivity index (χ1n) is 18.6. The molecule has 5 heterocycles. The van der Waals surface area contributed by atoms with Gasteiger partial charge in [0.15, 0.2) is 11.5 Å². The Morgan fingerprint density at radius 1 is 0.870 bits per heavy atom. The number of halogens is 1. The van der Waals surface area contributed by atoms with Crippen molar-refractivity contribution < 1.29 is 32.3 Å². The van der Waals surface area contributed by atoms with E-state index in [1.54, 1.807) is 21.5 Å². The summed E-state index contributed by atoms with van der Waals surface area (Å²) in [5.74, 6) is 1.38. The fourth-order valence-corrected chi connectivity index (χ4v) is 10.5. The molecule has 1 saturated carbocycles. The van der Waals surface area contributed by atoms with Gasteiger partial charge in [-0.3, -0.25) is 19.7 Å². The SMILES string of the molecule is O=C1CCC(N2Cc3c(NC4CCCC(S(=O)(=O)N5CCC(Nc6ncc(Br)c(Nc7cccc8c7OCO8)n6)CC5)CCC4)cccc3C2=O)C(=O)N1. The zero-order chi connectivity index (χ0) is 37.4. The van der Waals surface area contributed by atoms with E-state index in [9.17, 15) is 22.8 Å². The number of para-hydroxylation sites is 1. The van der Waals surface area contributed by atoms with Crippen molar-refractivity contribution in [1.82, 2.24) is 24.5 Å². The van der Waals surface area contributed by atoms with Crippen LogP contribution in [0.3, 0.4) is 0 Å². The van der Waals surface area contributed by atoms with Gasteiger partial charge in [0.2, 0.25) is 34.6 Å². The van der Waals surface area contributed by atoms with E-state index < -0.39 is 27.2 Å². The third-order valence-corrected chi connectivity index (χ3v) is 14.0. The second kappa shape index (κ2) is 15.3. The fourth-order valence-electron chi connectivity index (χ4n) is 8.18. The second-order valence-electron chi connectivity index (χ2n) is 14.5. The number of nitrogens with one attached hydrogen (secondary N) is 4. The Hall–Kier alpha value is -4.48. The van der Waals surface area contributed by atoms with E-state index in [0.717, 1.165) is 42.6 Å². The van der Waals surface area contributed by atoms with Gasteiger partial charge in [0, 0.05) is 61.1 Å². The summed E-state index contributed by atoms with van der Waals surface area (Å²) in [7, 11) is -3.47. The van der Waals surface area contributed by atoms with Crippen LogP contribution >= 0.6 is 15.9 Å². The van der Waals surface area contributed by atoms with Gasteiger partial charge in [0.25, 0.3) is 5.91 Å². The Morgan fingerprint density at radius 3 is 2.39 bits per heavy atom. The monoisotopic (exact) mass is 822 g/mol. The molecule has 3 fully saturated rings. The maximum Gasteiger partial charge on any atom is 0.255 e. The molecule has 3 aromatic rings. The lowest BCUT2D eigenvalue weighted by molar-refractivity contribution is -0.136. The number of anilines is 4. The van der Waals surface area contributed by atoms with Crippen LogP contribution in [0.2, 0.25) is 0 Å². The largest absolute Gasteiger partial charge is 0.454 e. The predicted molar refractivity (Wildman–Crippen MR) is 204 cm³/mol. The van der Waals surface area contributed by atoms with E-state index in [-0.39, 0.29) is 37.1 Å². The van der Waals surface area contributed by atoms with Crippen molar-refractivity contribution in [1.29, 1.82) is 0 Å². The molecule has 0 bridgehead atoms. The van der Waals surface area contributed by atoms with Crippen molar-refractivity contribution >= 4 is 66.8 Å². The van der Waals surface area contributed by atoms with Gasteiger partial charge in [-0.25, -0.2) is 17.7 Å². The van der Waals surface area contributed by atoms with E-state index >= 15 is 0 Å². The lowest BCUT2D eigenvalue weighted by Crippen LogP contribution is -2.52. The van der Waals surface area contributed by atoms with Gasteiger partial charge in [-0.2, -0.15) is 4.98 Å². The van der Waals surface area contributed by atoms with Gasteiger partial charge in [0.1, 0.15) is 11.9 Å². The predicted octanol–water partition coefficient (Wildman–Crippen LogP) is 4.88. The van der Waals surface area contributed by atoms with E-state index in [0.29, 0.717) is 85.0 Å². The molecule has 0 radical (unpaired) electrons. The Kier molecular flexibility index (Phi) is 10.4. The van der Waals surface area contributed by atoms with Crippen LogP contribution in [0, 0.1) is 0 Å². The lowest BCUT2D eigenvalue weighted by Gasteiger charge is -2.35. The molecular weight excluding hydrogens is 780 g/mol. The molecule has 17 heteroatoms. The number of benzene rings is 2. The van der Waals surface area contributed by atoms with Gasteiger partial charge < -0.3 is 30.3 Å². The number of fused-ring (bicyclic) bond motifs is 2. The Labute approximate surface area is 322 Å². The highest BCUT2D eigenvalue weighted by Crippen LogP contribution is 2.41. The molecule has 4 N–H and O–H groups in total. The van der Waals surface area contributed by atoms with Crippen LogP contribution in [0.1, 0.15) is 80.1 Å². The van der Waals surface area contributed by atoms with E-state index in [1.165, 1.54) is 0 Å². The van der Waals surface area contributed by atoms with Crippen molar-refractivity contribution in [3.8, 4) is 11.5 Å². The molecule has 8 rings (SSSR count). The molecular formula is C37H43BrN8O7S. The molecule has 2 saturated heterocycles. The number of ether oxygens (including phenoxy) is 2. The molecule has 286 valence electrons. The molecule has 5 aliphatic rings. The summed E-state index contributed by atoms with van der Waals surface area (Å²) in [6.07, 6.45) is 7.82. The fraction of sp³-hybridized carbons (Fsp3) is 0.486. The smallest absolute Gasteiger partial charge is 0.255 e. The van der Waals surface area contributed by atoms with Crippen LogP contribution in [0.15, 0.2) is 47.1 Å². The van der Waals surface area contributed by atoms with E-state index in [2.05, 4.69) is 47.2 Å². The summed E-state index contributed by atoms with van der Waals surface area (Å²) in [5, 5.41) is 12.3. The number of sulfonamides is 1. The maximum atomic E-state index is 13.9. The molecule has 1 aliphatic carbocycles. The molecule has 1 atom stereocenters. The number of carbonyl (C=O) groups is 3. The number of amides is 3. The highest BCUT2D eigenvalue weighted by atomic mass is 79.9. The van der Waals surface area contributed by atoms with E-state index in [4.69, 9.17) is 9.47 Å². The summed E-state index contributed by atoms with van der Waals surface area (Å²) >= 11 is 3.52. The Bertz CT molecular complexity index is 2050. The Morgan fingerprint density at radius 2 is 1.61 bits per heavy atom. The van der Waals surface area contributed by atoms with Crippen molar-refractivity contribution in [3.63, 3.8) is 0 Å². The minimum Gasteiger partial charge on any atom is -0.454 e. The average molecular weight is 824 g/mol. The van der Waals surface area contributed by atoms with Crippen molar-refractivity contribution in [2.45, 2.75) is 94.1 Å². The molecule has 15 nitrogen and oxygen atoms in total. The number of nitrogens with zero attached hydrogens (tertiary/aromatic N) is 4. The minimum atomic E-state index is -3.47. The Balaban J connectivity index is 0.828. The number of hydrogen-bond acceptors (Lipinski definition) is 12. The first-order chi connectivity index (χ1) is 26.1. The first-order valence-corrected chi connectivity index (χ1v) is 20.9. The van der Waals surface area contributed by atoms with Gasteiger partial charge >= 0.3 is 0 Å². The van der Waals surface area contributed by atoms with Crippen LogP contribution in [0.5, 0.6) is 11.5 Å². The first kappa shape index (κ1) is 36.5. The summed E-state index contributed by atoms with van der Waals surface area (Å²) in [5.41, 5.74) is 3.03. The summed E-state index contributed by atoms with van der Waals surface area (Å²) < 4.78 is 41.2. The second-order valence-corrected chi connectivity index (χ2v) is 17.5. The molecule has 1 aromatic heterocycles. The topological polar surface area (TPSA) is 184 Å². The third kappa shape index (κ3) is 7.45. The molecule has 4 aliphatic heterocycles. The minimum absolute atomic E-state index is 0.0261.